The molecule has 0 atom stereocenters. The molecule has 0 radical (unpaired) electrons. The van der Waals surface area contributed by atoms with E-state index in [4.69, 9.17) is 5.26 Å². The van der Waals surface area contributed by atoms with Crippen LogP contribution in [-0.4, -0.2) is 29.0 Å². The summed E-state index contributed by atoms with van der Waals surface area (Å²) in [5.74, 6) is 0.434. The second-order valence-electron chi connectivity index (χ2n) is 7.86. The van der Waals surface area contributed by atoms with Crippen molar-refractivity contribution in [2.75, 3.05) is 13.1 Å². The number of piperidine rings is 1. The van der Waals surface area contributed by atoms with Gasteiger partial charge in [-0.25, -0.2) is 4.98 Å². The molecule has 1 fully saturated rings. The number of hydrogen-bond acceptors (Lipinski definition) is 4. The Hall–Kier alpha value is -2.91. The van der Waals surface area contributed by atoms with Gasteiger partial charge >= 0.3 is 0 Å². The lowest BCUT2D eigenvalue weighted by Gasteiger charge is -2.25. The third-order valence-corrected chi connectivity index (χ3v) is 5.92. The first-order valence-corrected chi connectivity index (χ1v) is 10.5. The van der Waals surface area contributed by atoms with Gasteiger partial charge in [-0.2, -0.15) is 5.26 Å². The summed E-state index contributed by atoms with van der Waals surface area (Å²) < 4.78 is 0. The van der Waals surface area contributed by atoms with Crippen LogP contribution in [-0.2, 0) is 0 Å². The summed E-state index contributed by atoms with van der Waals surface area (Å²) >= 11 is 0. The lowest BCUT2D eigenvalue weighted by molar-refractivity contribution is 0.0957. The Labute approximate surface area is 171 Å². The Kier molecular flexibility index (Phi) is 6.06. The van der Waals surface area contributed by atoms with Gasteiger partial charge in [0.2, 0.25) is 0 Å². The van der Waals surface area contributed by atoms with Crippen molar-refractivity contribution in [3.63, 3.8) is 0 Å². The third-order valence-electron chi connectivity index (χ3n) is 5.92. The largest absolute Gasteiger partial charge is 0.326 e. The van der Waals surface area contributed by atoms with Gasteiger partial charge in [0.05, 0.1) is 6.20 Å². The summed E-state index contributed by atoms with van der Waals surface area (Å²) in [5.41, 5.74) is 5.01. The van der Waals surface area contributed by atoms with Crippen molar-refractivity contribution in [3.8, 4) is 6.07 Å². The minimum atomic E-state index is -0.321. The molecule has 150 valence electrons. The van der Waals surface area contributed by atoms with Crippen molar-refractivity contribution in [3.05, 3.63) is 64.4 Å². The predicted octanol–water partition coefficient (Wildman–Crippen LogP) is 3.65. The van der Waals surface area contributed by atoms with Crippen LogP contribution >= 0.6 is 0 Å². The first-order chi connectivity index (χ1) is 14.2. The zero-order chi connectivity index (χ0) is 20.1. The first-order valence-electron chi connectivity index (χ1n) is 10.5. The number of imidazole rings is 1. The van der Waals surface area contributed by atoms with Crippen LogP contribution in [0, 0.1) is 17.2 Å². The number of amides is 1. The van der Waals surface area contributed by atoms with Crippen LogP contribution in [0.4, 0.5) is 0 Å². The number of nitriles is 1. The first kappa shape index (κ1) is 19.4. The maximum atomic E-state index is 12.7. The molecule has 0 unspecified atom stereocenters. The second kappa shape index (κ2) is 9.06. The molecule has 29 heavy (non-hydrogen) atoms. The van der Waals surface area contributed by atoms with E-state index in [1.807, 2.05) is 12.1 Å². The summed E-state index contributed by atoms with van der Waals surface area (Å²) in [7, 11) is 0. The van der Waals surface area contributed by atoms with Crippen LogP contribution in [0.1, 0.15) is 61.3 Å². The number of carbonyl (C=O) groups is 1. The molecule has 2 aliphatic carbocycles. The van der Waals surface area contributed by atoms with Gasteiger partial charge in [0, 0.05) is 11.3 Å². The molecule has 1 aromatic heterocycles. The van der Waals surface area contributed by atoms with Crippen LogP contribution < -0.4 is 10.6 Å². The van der Waals surface area contributed by atoms with Gasteiger partial charge in [0.1, 0.15) is 11.8 Å². The van der Waals surface area contributed by atoms with E-state index in [2.05, 4.69) is 38.8 Å². The number of aromatic amines is 1. The number of aromatic nitrogens is 2. The second-order valence-corrected chi connectivity index (χ2v) is 7.86. The summed E-state index contributed by atoms with van der Waals surface area (Å²) in [6, 6.07) is 1.97. The highest BCUT2D eigenvalue weighted by molar-refractivity contribution is 5.92. The Balaban J connectivity index is 1.67. The van der Waals surface area contributed by atoms with Gasteiger partial charge in [-0.1, -0.05) is 23.8 Å². The number of hydrogen-bond donors (Lipinski definition) is 3. The number of H-pyrrole nitrogens is 1. The fraction of sp³-hybridized carbons (Fsp3) is 0.435. The van der Waals surface area contributed by atoms with Crippen molar-refractivity contribution < 1.29 is 4.79 Å². The molecule has 0 aromatic carbocycles. The zero-order valence-corrected chi connectivity index (χ0v) is 16.6. The van der Waals surface area contributed by atoms with E-state index in [9.17, 15) is 4.79 Å². The lowest BCUT2D eigenvalue weighted by Crippen LogP contribution is -2.28. The highest BCUT2D eigenvalue weighted by Crippen LogP contribution is 2.33. The van der Waals surface area contributed by atoms with Crippen molar-refractivity contribution >= 4 is 5.91 Å². The van der Waals surface area contributed by atoms with E-state index < -0.39 is 0 Å². The Morgan fingerprint density at radius 2 is 2.14 bits per heavy atom. The van der Waals surface area contributed by atoms with E-state index in [0.29, 0.717) is 5.92 Å². The smallest absolute Gasteiger partial charge is 0.291 e. The molecule has 6 nitrogen and oxygen atoms in total. The number of rotatable bonds is 4. The van der Waals surface area contributed by atoms with Crippen LogP contribution in [0.2, 0.25) is 0 Å². The summed E-state index contributed by atoms with van der Waals surface area (Å²) in [4.78, 5) is 19.5. The predicted molar refractivity (Wildman–Crippen MR) is 112 cm³/mol. The number of nitrogens with zero attached hydrogens (tertiary/aromatic N) is 2. The Bertz CT molecular complexity index is 935. The molecule has 1 aromatic rings. The van der Waals surface area contributed by atoms with E-state index >= 15 is 0 Å². The fourth-order valence-electron chi connectivity index (χ4n) is 4.33. The van der Waals surface area contributed by atoms with Gasteiger partial charge in [-0.05, 0) is 75.6 Å². The molecule has 0 saturated carbocycles. The van der Waals surface area contributed by atoms with Crippen molar-refractivity contribution in [1.29, 1.82) is 5.26 Å². The van der Waals surface area contributed by atoms with Crippen LogP contribution in [0.25, 0.3) is 0 Å². The van der Waals surface area contributed by atoms with Crippen LogP contribution in [0.3, 0.4) is 0 Å². The molecule has 1 amide bonds. The summed E-state index contributed by atoms with van der Waals surface area (Å²) in [5, 5.41) is 15.4. The molecular formula is C23H27N5O. The molecule has 2 heterocycles. The van der Waals surface area contributed by atoms with Gasteiger partial charge in [-0.3, -0.25) is 4.79 Å². The van der Waals surface area contributed by atoms with Crippen LogP contribution in [0.15, 0.2) is 52.9 Å². The molecular weight excluding hydrogens is 362 g/mol. The average Bonchev–Trinajstić information content (AvgIpc) is 3.17. The average molecular weight is 390 g/mol. The summed E-state index contributed by atoms with van der Waals surface area (Å²) in [6.45, 7) is 2.13. The topological polar surface area (TPSA) is 93.6 Å². The maximum absolute atomic E-state index is 12.7. The van der Waals surface area contributed by atoms with Gasteiger partial charge in [-0.15, -0.1) is 0 Å². The van der Waals surface area contributed by atoms with Crippen LogP contribution in [0.5, 0.6) is 0 Å². The van der Waals surface area contributed by atoms with E-state index in [-0.39, 0.29) is 17.4 Å². The van der Waals surface area contributed by atoms with E-state index in [1.54, 1.807) is 0 Å². The maximum Gasteiger partial charge on any atom is 0.291 e. The molecule has 1 saturated heterocycles. The van der Waals surface area contributed by atoms with Gasteiger partial charge < -0.3 is 15.6 Å². The highest BCUT2D eigenvalue weighted by atomic mass is 16.2. The van der Waals surface area contributed by atoms with Gasteiger partial charge in [0.15, 0.2) is 5.82 Å². The van der Waals surface area contributed by atoms with E-state index in [0.717, 1.165) is 56.5 Å². The molecule has 3 N–H and O–H groups in total. The fourth-order valence-corrected chi connectivity index (χ4v) is 4.33. The SMILES string of the molecule is N#Cc1cnc(C(=O)NC2=C(C3=CCCCC3)C=C(C3CCNCC3)CC=C2)[nH]1. The lowest BCUT2D eigenvalue weighted by atomic mass is 9.85. The Morgan fingerprint density at radius 1 is 1.28 bits per heavy atom. The summed E-state index contributed by atoms with van der Waals surface area (Å²) in [6.07, 6.45) is 18.0. The standard InChI is InChI=1S/C23H27N5O/c24-14-19-15-26-22(27-19)23(29)28-21-8-4-7-18(16-9-11-25-12-10-16)13-20(21)17-5-2-1-3-6-17/h4-5,8,13,15-16,25H,1-3,6-7,9-12H2,(H,26,27)(H,28,29). The molecule has 4 rings (SSSR count). The van der Waals surface area contributed by atoms with Crippen molar-refractivity contribution in [2.24, 2.45) is 5.92 Å². The minimum absolute atomic E-state index is 0.159. The quantitative estimate of drug-likeness (QED) is 0.733. The highest BCUT2D eigenvalue weighted by Gasteiger charge is 2.22. The normalized spacial score (nSPS) is 20.5. The van der Waals surface area contributed by atoms with E-state index in [1.165, 1.54) is 30.2 Å². The Morgan fingerprint density at radius 3 is 2.86 bits per heavy atom. The number of allylic oxidation sites excluding steroid dienone is 7. The monoisotopic (exact) mass is 389 g/mol. The third kappa shape index (κ3) is 4.57. The molecule has 0 spiro atoms. The molecule has 0 bridgehead atoms. The van der Waals surface area contributed by atoms with Crippen molar-refractivity contribution in [2.45, 2.75) is 44.9 Å². The molecule has 6 heteroatoms. The van der Waals surface area contributed by atoms with Crippen molar-refractivity contribution in [1.82, 2.24) is 20.6 Å². The molecule has 3 aliphatic rings. The number of nitrogens with one attached hydrogen (secondary N) is 3. The molecule has 1 aliphatic heterocycles. The number of carbonyl (C=O) groups excluding carboxylic acids is 1. The zero-order valence-electron chi connectivity index (χ0n) is 16.6. The minimum Gasteiger partial charge on any atom is -0.326 e. The van der Waals surface area contributed by atoms with Gasteiger partial charge in [0.25, 0.3) is 5.91 Å².